The molecule has 1 heterocycles. The van der Waals surface area contributed by atoms with Crippen LogP contribution in [-0.2, 0) is 19.2 Å². The van der Waals surface area contributed by atoms with E-state index < -0.39 is 17.8 Å². The van der Waals surface area contributed by atoms with Crippen molar-refractivity contribution < 1.29 is 29.4 Å². The van der Waals surface area contributed by atoms with Gasteiger partial charge in [-0.3, -0.25) is 9.59 Å². The largest absolute Gasteiger partial charge is 0.393 e. The number of rotatable bonds is 5. The van der Waals surface area contributed by atoms with Gasteiger partial charge >= 0.3 is 5.97 Å². The van der Waals surface area contributed by atoms with Crippen LogP contribution in [0.1, 0.15) is 97.8 Å². The van der Waals surface area contributed by atoms with Gasteiger partial charge in [0.1, 0.15) is 0 Å². The highest BCUT2D eigenvalue weighted by atomic mass is 16.7. The fourth-order valence-electron chi connectivity index (χ4n) is 9.53. The maximum Gasteiger partial charge on any atom is 0.333 e. The third-order valence-electron chi connectivity index (χ3n) is 11.4. The second-order valence-corrected chi connectivity index (χ2v) is 13.0. The van der Waals surface area contributed by atoms with Gasteiger partial charge < -0.3 is 15.1 Å². The molecule has 35 heavy (non-hydrogen) atoms. The van der Waals surface area contributed by atoms with E-state index in [4.69, 9.17) is 4.84 Å². The molecule has 6 unspecified atom stereocenters. The first-order valence-electron chi connectivity index (χ1n) is 14.0. The van der Waals surface area contributed by atoms with Crippen LogP contribution in [0.2, 0.25) is 0 Å². The first-order valence-corrected chi connectivity index (χ1v) is 14.0. The summed E-state index contributed by atoms with van der Waals surface area (Å²) in [4.78, 5) is 40.9. The Kier molecular flexibility index (Phi) is 6.57. The predicted octanol–water partition coefficient (Wildman–Crippen LogP) is 4.00. The van der Waals surface area contributed by atoms with Gasteiger partial charge in [-0.05, 0) is 104 Å². The van der Waals surface area contributed by atoms with Crippen LogP contribution >= 0.6 is 0 Å². The summed E-state index contributed by atoms with van der Waals surface area (Å²) in [7, 11) is 0. The molecule has 0 spiro atoms. The van der Waals surface area contributed by atoms with E-state index >= 15 is 0 Å². The smallest absolute Gasteiger partial charge is 0.333 e. The zero-order chi connectivity index (χ0) is 25.1. The number of aliphatic hydroxyl groups excluding tert-OH is 2. The third-order valence-corrected chi connectivity index (χ3v) is 11.4. The van der Waals surface area contributed by atoms with Crippen LogP contribution in [0.3, 0.4) is 0 Å². The van der Waals surface area contributed by atoms with Crippen molar-refractivity contribution in [3.63, 3.8) is 0 Å². The topological polar surface area (TPSA) is 104 Å². The SMILES string of the molecule is C[C@H](CCC(=O)ON1C(=O)CCC1=O)C1CCC2C3C(O)CC4C[C@H](O)CC[C@]4(C)C3CC[C@@]21C. The monoisotopic (exact) mass is 489 g/mol. The number of hydrogen-bond acceptors (Lipinski definition) is 6. The molecule has 0 aromatic heterocycles. The van der Waals surface area contributed by atoms with E-state index in [-0.39, 0.29) is 42.3 Å². The molecular formula is C28H43NO6. The van der Waals surface area contributed by atoms with Crippen LogP contribution in [-0.4, -0.2) is 45.3 Å². The summed E-state index contributed by atoms with van der Waals surface area (Å²) in [6, 6.07) is 0. The lowest BCUT2D eigenvalue weighted by Crippen LogP contribution is -2.58. The zero-order valence-electron chi connectivity index (χ0n) is 21.6. The molecule has 5 rings (SSSR count). The minimum Gasteiger partial charge on any atom is -0.393 e. The molecule has 1 aliphatic heterocycles. The highest BCUT2D eigenvalue weighted by molar-refractivity contribution is 6.01. The minimum atomic E-state index is -0.509. The lowest BCUT2D eigenvalue weighted by atomic mass is 9.43. The highest BCUT2D eigenvalue weighted by Crippen LogP contribution is 2.68. The van der Waals surface area contributed by atoms with E-state index in [0.717, 1.165) is 51.4 Å². The van der Waals surface area contributed by atoms with Gasteiger partial charge in [0.2, 0.25) is 0 Å². The number of hydroxylamine groups is 2. The molecule has 5 aliphatic rings. The Morgan fingerprint density at radius 2 is 1.66 bits per heavy atom. The van der Waals surface area contributed by atoms with Crippen LogP contribution in [0.15, 0.2) is 0 Å². The Morgan fingerprint density at radius 1 is 1.00 bits per heavy atom. The molecular weight excluding hydrogens is 446 g/mol. The van der Waals surface area contributed by atoms with E-state index in [1.54, 1.807) is 0 Å². The van der Waals surface area contributed by atoms with Crippen molar-refractivity contribution in [2.45, 2.75) is 110 Å². The second kappa shape index (κ2) is 9.13. The van der Waals surface area contributed by atoms with Crippen LogP contribution in [0, 0.1) is 46.3 Å². The van der Waals surface area contributed by atoms with Gasteiger partial charge in [0.05, 0.1) is 12.2 Å². The summed E-state index contributed by atoms with van der Waals surface area (Å²) >= 11 is 0. The second-order valence-electron chi connectivity index (χ2n) is 13.0. The number of carbonyl (C=O) groups is 3. The average molecular weight is 490 g/mol. The van der Waals surface area contributed by atoms with Crippen molar-refractivity contribution >= 4 is 17.8 Å². The van der Waals surface area contributed by atoms with Gasteiger partial charge in [0.25, 0.3) is 11.8 Å². The summed E-state index contributed by atoms with van der Waals surface area (Å²) < 4.78 is 0. The number of imide groups is 1. The fourth-order valence-corrected chi connectivity index (χ4v) is 9.53. The maximum atomic E-state index is 12.4. The van der Waals surface area contributed by atoms with E-state index in [1.165, 1.54) is 0 Å². The van der Waals surface area contributed by atoms with Crippen molar-refractivity contribution in [1.29, 1.82) is 0 Å². The molecule has 1 saturated heterocycles. The number of aliphatic hydroxyl groups is 2. The Morgan fingerprint density at radius 3 is 2.37 bits per heavy atom. The molecule has 4 aliphatic carbocycles. The van der Waals surface area contributed by atoms with Crippen molar-refractivity contribution in [3.05, 3.63) is 0 Å². The van der Waals surface area contributed by atoms with Crippen molar-refractivity contribution in [2.24, 2.45) is 46.3 Å². The Hall–Kier alpha value is -1.47. The van der Waals surface area contributed by atoms with Gasteiger partial charge in [-0.15, -0.1) is 5.06 Å². The molecule has 4 saturated carbocycles. The standard InChI is InChI=1S/C28H43NO6/c1-16(4-9-25(34)35-29-23(32)7-8-24(29)33)19-5-6-20-26-21(11-13-28(19,20)3)27(2)12-10-18(30)14-17(27)15-22(26)31/h16-22,26,30-31H,4-15H2,1-3H3/t16-,17?,18-,19?,20?,21?,22?,26?,27+,28-/m1/s1. The van der Waals surface area contributed by atoms with Crippen molar-refractivity contribution in [1.82, 2.24) is 5.06 Å². The normalized spacial score (nSPS) is 46.1. The first-order chi connectivity index (χ1) is 16.5. The molecule has 196 valence electrons. The minimum absolute atomic E-state index is 0.110. The summed E-state index contributed by atoms with van der Waals surface area (Å²) in [6.07, 6.45) is 8.77. The molecule has 7 heteroatoms. The van der Waals surface area contributed by atoms with Gasteiger partial charge in [0, 0.05) is 19.3 Å². The summed E-state index contributed by atoms with van der Waals surface area (Å²) in [6.45, 7) is 7.08. The third kappa shape index (κ3) is 4.14. The lowest BCUT2D eigenvalue weighted by molar-refractivity contribution is -0.197. The van der Waals surface area contributed by atoms with E-state index in [1.807, 2.05) is 0 Å². The Balaban J connectivity index is 1.23. The number of carbonyl (C=O) groups excluding carboxylic acids is 3. The van der Waals surface area contributed by atoms with Crippen LogP contribution in [0.4, 0.5) is 0 Å². The summed E-state index contributed by atoms with van der Waals surface area (Å²) in [5, 5.41) is 22.3. The number of fused-ring (bicyclic) bond motifs is 5. The van der Waals surface area contributed by atoms with Crippen molar-refractivity contribution in [2.75, 3.05) is 0 Å². The summed E-state index contributed by atoms with van der Waals surface area (Å²) in [5.74, 6) is 1.21. The first kappa shape index (κ1) is 25.2. The molecule has 0 aromatic carbocycles. The van der Waals surface area contributed by atoms with Gasteiger partial charge in [-0.1, -0.05) is 20.8 Å². The molecule has 5 fully saturated rings. The van der Waals surface area contributed by atoms with Gasteiger partial charge in [-0.25, -0.2) is 4.79 Å². The quantitative estimate of drug-likeness (QED) is 0.566. The Bertz CT molecular complexity index is 860. The number of amides is 2. The molecule has 10 atom stereocenters. The molecule has 0 aromatic rings. The van der Waals surface area contributed by atoms with E-state index in [0.29, 0.717) is 47.0 Å². The van der Waals surface area contributed by atoms with Crippen LogP contribution in [0.5, 0.6) is 0 Å². The lowest BCUT2D eigenvalue weighted by Gasteiger charge is -2.62. The number of hydrogen-bond donors (Lipinski definition) is 2. The van der Waals surface area contributed by atoms with Crippen molar-refractivity contribution in [3.8, 4) is 0 Å². The van der Waals surface area contributed by atoms with Crippen LogP contribution < -0.4 is 0 Å². The molecule has 0 radical (unpaired) electrons. The summed E-state index contributed by atoms with van der Waals surface area (Å²) in [5.41, 5.74) is 0.381. The molecule has 0 bridgehead atoms. The average Bonchev–Trinajstić information content (AvgIpc) is 3.32. The Labute approximate surface area is 208 Å². The van der Waals surface area contributed by atoms with E-state index in [9.17, 15) is 24.6 Å². The predicted molar refractivity (Wildman–Crippen MR) is 128 cm³/mol. The van der Waals surface area contributed by atoms with Gasteiger partial charge in [-0.2, -0.15) is 0 Å². The molecule has 7 nitrogen and oxygen atoms in total. The number of nitrogens with zero attached hydrogens (tertiary/aromatic N) is 1. The highest BCUT2D eigenvalue weighted by Gasteiger charge is 2.62. The van der Waals surface area contributed by atoms with Gasteiger partial charge in [0.15, 0.2) is 0 Å². The molecule has 2 amide bonds. The molecule has 2 N–H and O–H groups in total. The zero-order valence-corrected chi connectivity index (χ0v) is 21.6. The van der Waals surface area contributed by atoms with E-state index in [2.05, 4.69) is 20.8 Å². The van der Waals surface area contributed by atoms with Crippen LogP contribution in [0.25, 0.3) is 0 Å². The fraction of sp³-hybridized carbons (Fsp3) is 0.893. The maximum absolute atomic E-state index is 12.4.